The average molecular weight is 344 g/mol. The lowest BCUT2D eigenvalue weighted by Gasteiger charge is -2.19. The van der Waals surface area contributed by atoms with Crippen LogP contribution in [0.4, 0.5) is 0 Å². The molecule has 130 valence electrons. The molecule has 0 spiro atoms. The van der Waals surface area contributed by atoms with Crippen LogP contribution in [0, 0.1) is 0 Å². The van der Waals surface area contributed by atoms with E-state index in [1.165, 1.54) is 6.20 Å². The van der Waals surface area contributed by atoms with Gasteiger partial charge in [0, 0.05) is 11.8 Å². The summed E-state index contributed by atoms with van der Waals surface area (Å²) >= 11 is 0. The van der Waals surface area contributed by atoms with Crippen molar-refractivity contribution in [2.75, 3.05) is 19.5 Å². The van der Waals surface area contributed by atoms with Crippen LogP contribution in [0.15, 0.2) is 15.8 Å². The Morgan fingerprint density at radius 2 is 2.00 bits per heavy atom. The first-order chi connectivity index (χ1) is 10.6. The van der Waals surface area contributed by atoms with Gasteiger partial charge in [-0.05, 0) is 32.3 Å². The first kappa shape index (κ1) is 18.2. The van der Waals surface area contributed by atoms with Crippen molar-refractivity contribution in [2.45, 2.75) is 44.3 Å². The van der Waals surface area contributed by atoms with Gasteiger partial charge in [0.2, 0.25) is 0 Å². The number of hydrogen-bond acceptors (Lipinski definition) is 5. The Morgan fingerprint density at radius 3 is 2.57 bits per heavy atom. The van der Waals surface area contributed by atoms with Gasteiger partial charge in [0.1, 0.15) is 12.2 Å². The van der Waals surface area contributed by atoms with E-state index in [4.69, 9.17) is 4.74 Å². The van der Waals surface area contributed by atoms with Gasteiger partial charge in [-0.2, -0.15) is 0 Å². The molecule has 2 unspecified atom stereocenters. The summed E-state index contributed by atoms with van der Waals surface area (Å²) in [4.78, 5) is 25.9. The lowest BCUT2D eigenvalue weighted by molar-refractivity contribution is -0.0403. The Labute approximate surface area is 134 Å². The molecule has 0 radical (unpaired) electrons. The monoisotopic (exact) mass is 344 g/mol. The van der Waals surface area contributed by atoms with E-state index in [-0.39, 0.29) is 0 Å². The first-order valence-corrected chi connectivity index (χ1v) is 10.7. The van der Waals surface area contributed by atoms with Gasteiger partial charge in [-0.15, -0.1) is 13.2 Å². The van der Waals surface area contributed by atoms with Crippen molar-refractivity contribution in [3.63, 3.8) is 0 Å². The van der Waals surface area contributed by atoms with Gasteiger partial charge in [0.15, 0.2) is 6.23 Å². The van der Waals surface area contributed by atoms with Gasteiger partial charge in [0.05, 0.1) is 6.10 Å². The highest BCUT2D eigenvalue weighted by molar-refractivity contribution is 7.72. The van der Waals surface area contributed by atoms with Crippen LogP contribution in [0.2, 0.25) is 0 Å². The molecule has 0 aromatic carbocycles. The van der Waals surface area contributed by atoms with Crippen LogP contribution in [0.1, 0.15) is 25.1 Å². The van der Waals surface area contributed by atoms with Crippen LogP contribution in [0.25, 0.3) is 0 Å². The summed E-state index contributed by atoms with van der Waals surface area (Å²) in [5.74, 6) is 0. The second-order valence-electron chi connectivity index (χ2n) is 6.67. The number of aromatic nitrogens is 2. The second kappa shape index (κ2) is 6.77. The molecule has 1 saturated heterocycles. The lowest BCUT2D eigenvalue weighted by Crippen LogP contribution is -2.38. The molecule has 1 aromatic rings. The van der Waals surface area contributed by atoms with Crippen molar-refractivity contribution in [1.82, 2.24) is 9.55 Å². The standard InChI is InChI=1S/C15H25N2O5P/c1-5-9-8-17(15(21)16-13(9)20)14-12(19)11(18)10(22-14)6-7-23(2,3)4/h8,10-12,14,18-19H,2,5-7H2,1,3-4H3,(H,16,20,21)/t10?,11-,12-,14?/m1/s1. The number of hydrogen-bond donors (Lipinski definition) is 3. The third kappa shape index (κ3) is 4.04. The Balaban J connectivity index is 2.26. The fraction of sp³-hybridized carbons (Fsp3) is 0.667. The number of aliphatic hydroxyl groups is 2. The van der Waals surface area contributed by atoms with Gasteiger partial charge in [-0.1, -0.05) is 6.92 Å². The second-order valence-corrected chi connectivity index (χ2v) is 11.0. The predicted octanol–water partition coefficient (Wildman–Crippen LogP) is -0.182. The highest BCUT2D eigenvalue weighted by Crippen LogP contribution is 2.39. The SMILES string of the molecule is C=P(C)(C)CCC1OC(n2cc(CC)c(=O)[nH]c2=O)[C@H](O)[C@@H]1O. The third-order valence-electron chi connectivity index (χ3n) is 4.05. The molecule has 0 aliphatic carbocycles. The number of aliphatic hydroxyl groups excluding tert-OH is 2. The van der Waals surface area contributed by atoms with Crippen molar-refractivity contribution in [2.24, 2.45) is 0 Å². The Kier molecular flexibility index (Phi) is 5.36. The molecular weight excluding hydrogens is 319 g/mol. The Hall–Kier alpha value is -1.14. The van der Waals surface area contributed by atoms with Crippen LogP contribution in [-0.4, -0.2) is 63.9 Å². The van der Waals surface area contributed by atoms with Crippen LogP contribution in [-0.2, 0) is 11.2 Å². The number of rotatable bonds is 5. The number of ether oxygens (including phenoxy) is 1. The van der Waals surface area contributed by atoms with Crippen LogP contribution in [0.3, 0.4) is 0 Å². The van der Waals surface area contributed by atoms with Gasteiger partial charge in [0.25, 0.3) is 5.56 Å². The molecule has 2 rings (SSSR count). The topological polar surface area (TPSA) is 105 Å². The van der Waals surface area contributed by atoms with Crippen molar-refractivity contribution in [3.05, 3.63) is 32.6 Å². The van der Waals surface area contributed by atoms with Crippen molar-refractivity contribution in [1.29, 1.82) is 0 Å². The van der Waals surface area contributed by atoms with Gasteiger partial charge >= 0.3 is 5.69 Å². The van der Waals surface area contributed by atoms with E-state index in [1.54, 1.807) is 6.92 Å². The molecule has 23 heavy (non-hydrogen) atoms. The smallest absolute Gasteiger partial charge is 0.330 e. The van der Waals surface area contributed by atoms with Crippen LogP contribution >= 0.6 is 6.89 Å². The lowest BCUT2D eigenvalue weighted by atomic mass is 10.1. The molecule has 1 aliphatic heterocycles. The van der Waals surface area contributed by atoms with E-state index in [2.05, 4.69) is 24.6 Å². The van der Waals surface area contributed by atoms with E-state index < -0.39 is 42.7 Å². The van der Waals surface area contributed by atoms with Crippen molar-refractivity contribution in [3.8, 4) is 0 Å². The molecule has 1 aromatic heterocycles. The quantitative estimate of drug-likeness (QED) is 0.643. The highest BCUT2D eigenvalue weighted by atomic mass is 31.2. The molecule has 0 amide bonds. The van der Waals surface area contributed by atoms with Crippen LogP contribution in [0.5, 0.6) is 0 Å². The Bertz CT molecular complexity index is 719. The van der Waals surface area contributed by atoms with E-state index in [1.807, 2.05) is 0 Å². The summed E-state index contributed by atoms with van der Waals surface area (Å²) in [6.45, 7) is 4.69. The molecule has 0 saturated carbocycles. The third-order valence-corrected chi connectivity index (χ3v) is 5.52. The van der Waals surface area contributed by atoms with E-state index >= 15 is 0 Å². The molecule has 7 nitrogen and oxygen atoms in total. The minimum Gasteiger partial charge on any atom is -0.388 e. The largest absolute Gasteiger partial charge is 0.388 e. The molecule has 4 atom stereocenters. The predicted molar refractivity (Wildman–Crippen MR) is 92.0 cm³/mol. The number of nitrogens with one attached hydrogen (secondary N) is 1. The minimum atomic E-state index is -1.27. The van der Waals surface area contributed by atoms with E-state index in [9.17, 15) is 19.8 Å². The normalized spacial score (nSPS) is 28.2. The zero-order valence-corrected chi connectivity index (χ0v) is 14.6. The Morgan fingerprint density at radius 1 is 1.35 bits per heavy atom. The fourth-order valence-electron chi connectivity index (χ4n) is 2.64. The fourth-order valence-corrected chi connectivity index (χ4v) is 3.60. The molecule has 1 aliphatic rings. The van der Waals surface area contributed by atoms with Gasteiger partial charge in [-0.25, -0.2) is 4.79 Å². The summed E-state index contributed by atoms with van der Waals surface area (Å²) in [5, 5.41) is 20.4. The average Bonchev–Trinajstić information content (AvgIpc) is 2.73. The zero-order valence-electron chi connectivity index (χ0n) is 13.7. The van der Waals surface area contributed by atoms with Crippen molar-refractivity contribution >= 4 is 13.2 Å². The van der Waals surface area contributed by atoms with Gasteiger partial charge < -0.3 is 14.9 Å². The summed E-state index contributed by atoms with van der Waals surface area (Å²) in [5.41, 5.74) is -0.681. The highest BCUT2D eigenvalue weighted by Gasteiger charge is 2.43. The summed E-state index contributed by atoms with van der Waals surface area (Å²) < 4.78 is 6.87. The van der Waals surface area contributed by atoms with Gasteiger partial charge in [-0.3, -0.25) is 14.3 Å². The maximum absolute atomic E-state index is 12.0. The summed E-state index contributed by atoms with van der Waals surface area (Å²) in [6, 6.07) is 0. The molecule has 3 N–H and O–H groups in total. The molecular formula is C15H25N2O5P. The number of H-pyrrole nitrogens is 1. The number of aryl methyl sites for hydroxylation is 1. The minimum absolute atomic E-state index is 0.420. The maximum Gasteiger partial charge on any atom is 0.330 e. The summed E-state index contributed by atoms with van der Waals surface area (Å²) in [7, 11) is 0. The molecule has 8 heteroatoms. The maximum atomic E-state index is 12.0. The first-order valence-electron chi connectivity index (χ1n) is 7.67. The molecule has 2 heterocycles. The van der Waals surface area contributed by atoms with Crippen molar-refractivity contribution < 1.29 is 14.9 Å². The van der Waals surface area contributed by atoms with E-state index in [0.717, 1.165) is 10.7 Å². The van der Waals surface area contributed by atoms with Crippen LogP contribution < -0.4 is 11.2 Å². The number of aromatic amines is 1. The molecule has 1 fully saturated rings. The van der Waals surface area contributed by atoms with E-state index in [0.29, 0.717) is 18.4 Å². The summed E-state index contributed by atoms with van der Waals surface area (Å²) in [6.07, 6.45) is 3.48. The molecule has 0 bridgehead atoms. The number of nitrogens with zero attached hydrogens (tertiary/aromatic N) is 1. The zero-order chi connectivity index (χ0) is 17.4.